The molecular weight excluding hydrogens is 406 g/mol. The van der Waals surface area contributed by atoms with Crippen LogP contribution in [0.1, 0.15) is 18.4 Å². The molecule has 3 aliphatic heterocycles. The van der Waals surface area contributed by atoms with Crippen molar-refractivity contribution >= 4 is 17.5 Å². The summed E-state index contributed by atoms with van der Waals surface area (Å²) < 4.78 is 11.0. The van der Waals surface area contributed by atoms with Gasteiger partial charge in [-0.1, -0.05) is 30.3 Å². The van der Waals surface area contributed by atoms with Gasteiger partial charge in [-0.2, -0.15) is 0 Å². The van der Waals surface area contributed by atoms with Crippen molar-refractivity contribution in [3.8, 4) is 0 Å². The maximum Gasteiger partial charge on any atom is 0.233 e. The third-order valence-corrected chi connectivity index (χ3v) is 6.94. The number of carbonyl (C=O) groups is 1. The Kier molecular flexibility index (Phi) is 6.23. The minimum Gasteiger partial charge on any atom is -0.381 e. The standard InChI is InChI=1S/C24H31N5O3/c30-23(24(8-16-31-17-9-24)20-4-2-1-3-5-20)29-12-10-27(11-13-29)21-6-7-22(26-25-21)28-14-18-32-19-15-28/h1-7H,8-19H2. The van der Waals surface area contributed by atoms with E-state index in [1.807, 2.05) is 35.2 Å². The number of nitrogens with zero attached hydrogens (tertiary/aromatic N) is 5. The first-order chi connectivity index (χ1) is 15.8. The van der Waals surface area contributed by atoms with Crippen molar-refractivity contribution in [1.29, 1.82) is 0 Å². The van der Waals surface area contributed by atoms with Crippen molar-refractivity contribution in [2.45, 2.75) is 18.3 Å². The van der Waals surface area contributed by atoms with Crippen molar-refractivity contribution in [1.82, 2.24) is 15.1 Å². The number of carbonyl (C=O) groups excluding carboxylic acids is 1. The number of piperazine rings is 1. The molecular formula is C24H31N5O3. The fraction of sp³-hybridized carbons (Fsp3) is 0.542. The lowest BCUT2D eigenvalue weighted by Crippen LogP contribution is -2.56. The highest BCUT2D eigenvalue weighted by molar-refractivity contribution is 5.88. The molecule has 0 bridgehead atoms. The van der Waals surface area contributed by atoms with E-state index in [0.717, 1.165) is 69.4 Å². The van der Waals surface area contributed by atoms with Crippen LogP contribution < -0.4 is 9.80 Å². The maximum absolute atomic E-state index is 13.7. The van der Waals surface area contributed by atoms with Gasteiger partial charge in [-0.05, 0) is 30.5 Å². The molecule has 3 fully saturated rings. The average molecular weight is 438 g/mol. The quantitative estimate of drug-likeness (QED) is 0.721. The first-order valence-electron chi connectivity index (χ1n) is 11.6. The van der Waals surface area contributed by atoms with Gasteiger partial charge in [-0.25, -0.2) is 0 Å². The van der Waals surface area contributed by atoms with Gasteiger partial charge in [-0.3, -0.25) is 4.79 Å². The van der Waals surface area contributed by atoms with Crippen LogP contribution in [0.25, 0.3) is 0 Å². The van der Waals surface area contributed by atoms with Gasteiger partial charge in [0.2, 0.25) is 5.91 Å². The van der Waals surface area contributed by atoms with E-state index >= 15 is 0 Å². The van der Waals surface area contributed by atoms with Gasteiger partial charge < -0.3 is 24.2 Å². The monoisotopic (exact) mass is 437 g/mol. The number of ether oxygens (including phenoxy) is 2. The van der Waals surface area contributed by atoms with E-state index in [4.69, 9.17) is 9.47 Å². The Morgan fingerprint density at radius 2 is 1.28 bits per heavy atom. The molecule has 0 spiro atoms. The van der Waals surface area contributed by atoms with Crippen molar-refractivity contribution in [3.05, 3.63) is 48.0 Å². The lowest BCUT2D eigenvalue weighted by atomic mass is 9.73. The van der Waals surface area contributed by atoms with Gasteiger partial charge in [0.05, 0.1) is 18.6 Å². The van der Waals surface area contributed by atoms with Crippen molar-refractivity contribution in [2.24, 2.45) is 0 Å². The lowest BCUT2D eigenvalue weighted by Gasteiger charge is -2.43. The van der Waals surface area contributed by atoms with Crippen LogP contribution in [0.15, 0.2) is 42.5 Å². The van der Waals surface area contributed by atoms with Gasteiger partial charge in [0.25, 0.3) is 0 Å². The Hall–Kier alpha value is -2.71. The summed E-state index contributed by atoms with van der Waals surface area (Å²) in [6.45, 7) is 7.34. The van der Waals surface area contributed by atoms with Crippen LogP contribution in [0.3, 0.4) is 0 Å². The molecule has 0 atom stereocenters. The molecule has 3 aliphatic rings. The zero-order valence-electron chi connectivity index (χ0n) is 18.5. The molecule has 0 aliphatic carbocycles. The molecule has 0 saturated carbocycles. The molecule has 5 rings (SSSR count). The molecule has 0 radical (unpaired) electrons. The summed E-state index contributed by atoms with van der Waals surface area (Å²) in [5, 5.41) is 8.91. The predicted molar refractivity (Wildman–Crippen MR) is 122 cm³/mol. The SMILES string of the molecule is O=C(N1CCN(c2ccc(N3CCOCC3)nn2)CC1)C1(c2ccccc2)CCOCC1. The Balaban J connectivity index is 1.24. The van der Waals surface area contributed by atoms with Crippen LogP contribution in [-0.2, 0) is 19.7 Å². The number of amides is 1. The summed E-state index contributed by atoms with van der Waals surface area (Å²) in [5.74, 6) is 2.01. The number of morpholine rings is 1. The lowest BCUT2D eigenvalue weighted by molar-refractivity contribution is -0.141. The molecule has 0 unspecified atom stereocenters. The Bertz CT molecular complexity index is 888. The van der Waals surface area contributed by atoms with E-state index in [1.54, 1.807) is 0 Å². The number of hydrogen-bond acceptors (Lipinski definition) is 7. The second-order valence-corrected chi connectivity index (χ2v) is 8.69. The molecule has 4 heterocycles. The van der Waals surface area contributed by atoms with Crippen LogP contribution in [-0.4, -0.2) is 86.7 Å². The summed E-state index contributed by atoms with van der Waals surface area (Å²) >= 11 is 0. The molecule has 0 N–H and O–H groups in total. The fourth-order valence-electron chi connectivity index (χ4n) is 4.99. The van der Waals surface area contributed by atoms with E-state index in [0.29, 0.717) is 26.3 Å². The van der Waals surface area contributed by atoms with Crippen molar-refractivity contribution in [2.75, 3.05) is 75.5 Å². The van der Waals surface area contributed by atoms with Gasteiger partial charge in [0.1, 0.15) is 0 Å². The highest BCUT2D eigenvalue weighted by Gasteiger charge is 2.44. The molecule has 3 saturated heterocycles. The Morgan fingerprint density at radius 3 is 1.88 bits per heavy atom. The maximum atomic E-state index is 13.7. The van der Waals surface area contributed by atoms with Gasteiger partial charge in [0, 0.05) is 52.5 Å². The smallest absolute Gasteiger partial charge is 0.233 e. The van der Waals surface area contributed by atoms with Crippen LogP contribution in [0.5, 0.6) is 0 Å². The number of hydrogen-bond donors (Lipinski definition) is 0. The normalized spacial score (nSPS) is 21.4. The van der Waals surface area contributed by atoms with Gasteiger partial charge >= 0.3 is 0 Å². The molecule has 8 heteroatoms. The van der Waals surface area contributed by atoms with E-state index in [2.05, 4.69) is 32.1 Å². The summed E-state index contributed by atoms with van der Waals surface area (Å²) in [7, 11) is 0. The first-order valence-corrected chi connectivity index (χ1v) is 11.6. The minimum atomic E-state index is -0.471. The summed E-state index contributed by atoms with van der Waals surface area (Å²) in [6, 6.07) is 14.3. The van der Waals surface area contributed by atoms with Crippen molar-refractivity contribution < 1.29 is 14.3 Å². The minimum absolute atomic E-state index is 0.236. The van der Waals surface area contributed by atoms with E-state index in [1.165, 1.54) is 0 Å². The van der Waals surface area contributed by atoms with Crippen LogP contribution in [0.2, 0.25) is 0 Å². The molecule has 1 amide bonds. The summed E-state index contributed by atoms with van der Waals surface area (Å²) in [6.07, 6.45) is 1.48. The topological polar surface area (TPSA) is 71.0 Å². The largest absolute Gasteiger partial charge is 0.381 e. The highest BCUT2D eigenvalue weighted by atomic mass is 16.5. The third kappa shape index (κ3) is 4.17. The number of benzene rings is 1. The fourth-order valence-corrected chi connectivity index (χ4v) is 4.99. The zero-order valence-corrected chi connectivity index (χ0v) is 18.5. The van der Waals surface area contributed by atoms with E-state index < -0.39 is 5.41 Å². The van der Waals surface area contributed by atoms with Crippen LogP contribution in [0, 0.1) is 0 Å². The number of aromatic nitrogens is 2. The molecule has 32 heavy (non-hydrogen) atoms. The van der Waals surface area contributed by atoms with Crippen molar-refractivity contribution in [3.63, 3.8) is 0 Å². The first kappa shape index (κ1) is 21.2. The molecule has 1 aromatic carbocycles. The van der Waals surface area contributed by atoms with Crippen LogP contribution in [0.4, 0.5) is 11.6 Å². The summed E-state index contributed by atoms with van der Waals surface area (Å²) in [4.78, 5) is 20.2. The second-order valence-electron chi connectivity index (χ2n) is 8.69. The molecule has 8 nitrogen and oxygen atoms in total. The zero-order chi connectivity index (χ0) is 21.8. The number of rotatable bonds is 4. The molecule has 2 aromatic rings. The van der Waals surface area contributed by atoms with E-state index in [9.17, 15) is 4.79 Å². The second kappa shape index (κ2) is 9.42. The molecule has 1 aromatic heterocycles. The summed E-state index contributed by atoms with van der Waals surface area (Å²) in [5.41, 5.74) is 0.640. The third-order valence-electron chi connectivity index (χ3n) is 6.94. The van der Waals surface area contributed by atoms with Gasteiger partial charge in [0.15, 0.2) is 11.6 Å². The van der Waals surface area contributed by atoms with Gasteiger partial charge in [-0.15, -0.1) is 10.2 Å². The van der Waals surface area contributed by atoms with Crippen LogP contribution >= 0.6 is 0 Å². The predicted octanol–water partition coefficient (Wildman–Crippen LogP) is 1.71. The Labute approximate surface area is 189 Å². The molecule has 170 valence electrons. The highest BCUT2D eigenvalue weighted by Crippen LogP contribution is 2.37. The Morgan fingerprint density at radius 1 is 0.719 bits per heavy atom. The number of anilines is 2. The van der Waals surface area contributed by atoms with E-state index in [-0.39, 0.29) is 5.91 Å². The average Bonchev–Trinajstić information content (AvgIpc) is 2.90.